The van der Waals surface area contributed by atoms with E-state index in [0.29, 0.717) is 0 Å². The van der Waals surface area contributed by atoms with Gasteiger partial charge in [-0.2, -0.15) is 0 Å². The summed E-state index contributed by atoms with van der Waals surface area (Å²) in [6.45, 7) is 9.50. The van der Waals surface area contributed by atoms with E-state index < -0.39 is 0 Å². The van der Waals surface area contributed by atoms with Crippen molar-refractivity contribution in [1.29, 1.82) is 0 Å². The molecule has 0 bridgehead atoms. The Labute approximate surface area is 116 Å². The summed E-state index contributed by atoms with van der Waals surface area (Å²) in [5.74, 6) is 0.0633. The van der Waals surface area contributed by atoms with Crippen LogP contribution >= 0.6 is 0 Å². The van der Waals surface area contributed by atoms with Gasteiger partial charge >= 0.3 is 0 Å². The Hall–Kier alpha value is -1.35. The van der Waals surface area contributed by atoms with Gasteiger partial charge in [0.15, 0.2) is 0 Å². The fourth-order valence-corrected chi connectivity index (χ4v) is 1.74. The predicted octanol–water partition coefficient (Wildman–Crippen LogP) is 2.89. The molecule has 0 unspecified atom stereocenters. The van der Waals surface area contributed by atoms with Gasteiger partial charge in [0.05, 0.1) is 5.60 Å². The maximum atomic E-state index is 12.0. The molecule has 0 aromatic heterocycles. The van der Waals surface area contributed by atoms with Gasteiger partial charge in [-0.25, -0.2) is 0 Å². The van der Waals surface area contributed by atoms with Crippen molar-refractivity contribution in [1.82, 2.24) is 4.90 Å². The highest BCUT2D eigenvalue weighted by Crippen LogP contribution is 2.07. The third-order valence-corrected chi connectivity index (χ3v) is 2.88. The first kappa shape index (κ1) is 15.7. The molecule has 0 spiro atoms. The Morgan fingerprint density at radius 1 is 1.21 bits per heavy atom. The molecule has 0 saturated carbocycles. The van der Waals surface area contributed by atoms with Crippen molar-refractivity contribution in [3.05, 3.63) is 35.9 Å². The number of amides is 1. The van der Waals surface area contributed by atoms with Crippen LogP contribution < -0.4 is 0 Å². The molecule has 0 aliphatic carbocycles. The van der Waals surface area contributed by atoms with Crippen LogP contribution in [0.25, 0.3) is 0 Å². The third-order valence-electron chi connectivity index (χ3n) is 2.88. The second kappa shape index (κ2) is 7.29. The van der Waals surface area contributed by atoms with Crippen molar-refractivity contribution in [2.75, 3.05) is 19.7 Å². The number of rotatable bonds is 6. The van der Waals surface area contributed by atoms with Crippen molar-refractivity contribution in [2.45, 2.75) is 39.7 Å². The van der Waals surface area contributed by atoms with Crippen LogP contribution in [0.3, 0.4) is 0 Å². The topological polar surface area (TPSA) is 29.5 Å². The molecule has 1 aromatic carbocycles. The lowest BCUT2D eigenvalue weighted by molar-refractivity contribution is -0.140. The van der Waals surface area contributed by atoms with Crippen molar-refractivity contribution in [3.63, 3.8) is 0 Å². The van der Waals surface area contributed by atoms with Crippen LogP contribution in [-0.4, -0.2) is 36.1 Å². The van der Waals surface area contributed by atoms with Crippen LogP contribution in [0.1, 0.15) is 33.3 Å². The number of ether oxygens (including phenoxy) is 1. The molecular weight excluding hydrogens is 238 g/mol. The maximum absolute atomic E-state index is 12.0. The number of hydrogen-bond acceptors (Lipinski definition) is 2. The van der Waals surface area contributed by atoms with Crippen molar-refractivity contribution >= 4 is 5.91 Å². The second-order valence-corrected chi connectivity index (χ2v) is 5.61. The number of carbonyl (C=O) groups is 1. The van der Waals surface area contributed by atoms with Gasteiger partial charge in [0.2, 0.25) is 5.91 Å². The van der Waals surface area contributed by atoms with Gasteiger partial charge in [-0.3, -0.25) is 4.79 Å². The molecule has 1 rings (SSSR count). The molecule has 0 saturated heterocycles. The van der Waals surface area contributed by atoms with Gasteiger partial charge in [0, 0.05) is 13.1 Å². The number of likely N-dealkylation sites (N-methyl/N-ethyl adjacent to an activating group) is 1. The number of hydrogen-bond donors (Lipinski definition) is 0. The first-order valence-corrected chi connectivity index (χ1v) is 6.88. The van der Waals surface area contributed by atoms with E-state index in [1.165, 1.54) is 5.56 Å². The minimum absolute atomic E-state index is 0.0633. The Morgan fingerprint density at radius 2 is 1.84 bits per heavy atom. The van der Waals surface area contributed by atoms with Crippen molar-refractivity contribution in [3.8, 4) is 0 Å². The standard InChI is InChI=1S/C16H25NO2/c1-5-17(15(18)13-19-16(2,3)4)12-11-14-9-7-6-8-10-14/h6-10H,5,11-13H2,1-4H3. The predicted molar refractivity (Wildman–Crippen MR) is 78.1 cm³/mol. The van der Waals surface area contributed by atoms with E-state index in [-0.39, 0.29) is 18.1 Å². The minimum Gasteiger partial charge on any atom is -0.366 e. The molecule has 1 amide bonds. The summed E-state index contributed by atoms with van der Waals surface area (Å²) < 4.78 is 5.53. The monoisotopic (exact) mass is 263 g/mol. The van der Waals surface area contributed by atoms with Gasteiger partial charge in [0.25, 0.3) is 0 Å². The fourth-order valence-electron chi connectivity index (χ4n) is 1.74. The van der Waals surface area contributed by atoms with Gasteiger partial charge in [0.1, 0.15) is 6.61 Å². The Morgan fingerprint density at radius 3 is 2.37 bits per heavy atom. The van der Waals surface area contributed by atoms with E-state index in [9.17, 15) is 4.79 Å². The Kier molecular flexibility index (Phi) is 6.03. The zero-order valence-electron chi connectivity index (χ0n) is 12.5. The number of benzene rings is 1. The first-order valence-electron chi connectivity index (χ1n) is 6.88. The summed E-state index contributed by atoms with van der Waals surface area (Å²) in [6, 6.07) is 10.2. The molecule has 106 valence electrons. The van der Waals surface area contributed by atoms with Crippen LogP contribution in [0.5, 0.6) is 0 Å². The fraction of sp³-hybridized carbons (Fsp3) is 0.562. The number of carbonyl (C=O) groups excluding carboxylic acids is 1. The lowest BCUT2D eigenvalue weighted by Gasteiger charge is -2.24. The van der Waals surface area contributed by atoms with Gasteiger partial charge < -0.3 is 9.64 Å². The smallest absolute Gasteiger partial charge is 0.248 e. The van der Waals surface area contributed by atoms with Crippen LogP contribution in [0.15, 0.2) is 30.3 Å². The van der Waals surface area contributed by atoms with Crippen molar-refractivity contribution in [2.24, 2.45) is 0 Å². The second-order valence-electron chi connectivity index (χ2n) is 5.61. The van der Waals surface area contributed by atoms with Crippen LogP contribution in [-0.2, 0) is 16.0 Å². The normalized spacial score (nSPS) is 11.4. The van der Waals surface area contributed by atoms with E-state index >= 15 is 0 Å². The van der Waals surface area contributed by atoms with Crippen LogP contribution in [0, 0.1) is 0 Å². The molecule has 1 aromatic rings. The highest BCUT2D eigenvalue weighted by Gasteiger charge is 2.16. The van der Waals surface area contributed by atoms with E-state index in [1.807, 2.05) is 50.8 Å². The molecule has 0 fully saturated rings. The summed E-state index contributed by atoms with van der Waals surface area (Å²) in [5.41, 5.74) is 0.986. The summed E-state index contributed by atoms with van der Waals surface area (Å²) in [4.78, 5) is 13.9. The molecule has 0 heterocycles. The lowest BCUT2D eigenvalue weighted by Crippen LogP contribution is -2.37. The molecule has 3 heteroatoms. The molecule has 19 heavy (non-hydrogen) atoms. The average Bonchev–Trinajstić information content (AvgIpc) is 2.37. The van der Waals surface area contributed by atoms with E-state index in [2.05, 4.69) is 12.1 Å². The molecular formula is C16H25NO2. The molecule has 0 N–H and O–H groups in total. The highest BCUT2D eigenvalue weighted by atomic mass is 16.5. The quantitative estimate of drug-likeness (QED) is 0.790. The molecule has 0 atom stereocenters. The average molecular weight is 263 g/mol. The first-order chi connectivity index (χ1) is 8.92. The van der Waals surface area contributed by atoms with E-state index in [0.717, 1.165) is 19.5 Å². The Bertz CT molecular complexity index is 381. The number of nitrogens with zero attached hydrogens (tertiary/aromatic N) is 1. The molecule has 0 radical (unpaired) electrons. The summed E-state index contributed by atoms with van der Waals surface area (Å²) >= 11 is 0. The van der Waals surface area contributed by atoms with E-state index in [4.69, 9.17) is 4.74 Å². The summed E-state index contributed by atoms with van der Waals surface area (Å²) in [5, 5.41) is 0. The van der Waals surface area contributed by atoms with Gasteiger partial charge in [-0.05, 0) is 39.7 Å². The van der Waals surface area contributed by atoms with Gasteiger partial charge in [-0.15, -0.1) is 0 Å². The summed E-state index contributed by atoms with van der Waals surface area (Å²) in [7, 11) is 0. The third kappa shape index (κ3) is 6.39. The highest BCUT2D eigenvalue weighted by molar-refractivity contribution is 5.77. The summed E-state index contributed by atoms with van der Waals surface area (Å²) in [6.07, 6.45) is 0.885. The SMILES string of the molecule is CCN(CCc1ccccc1)C(=O)COC(C)(C)C. The van der Waals surface area contributed by atoms with Crippen LogP contribution in [0.2, 0.25) is 0 Å². The lowest BCUT2D eigenvalue weighted by atomic mass is 10.1. The molecule has 0 aliphatic rings. The largest absolute Gasteiger partial charge is 0.366 e. The van der Waals surface area contributed by atoms with Crippen LogP contribution in [0.4, 0.5) is 0 Å². The maximum Gasteiger partial charge on any atom is 0.248 e. The zero-order chi connectivity index (χ0) is 14.3. The minimum atomic E-state index is -0.269. The zero-order valence-corrected chi connectivity index (χ0v) is 12.5. The van der Waals surface area contributed by atoms with E-state index in [1.54, 1.807) is 0 Å². The Balaban J connectivity index is 2.42. The molecule has 0 aliphatic heterocycles. The van der Waals surface area contributed by atoms with Crippen molar-refractivity contribution < 1.29 is 9.53 Å². The van der Waals surface area contributed by atoms with Gasteiger partial charge in [-0.1, -0.05) is 30.3 Å². The molecule has 3 nitrogen and oxygen atoms in total.